The summed E-state index contributed by atoms with van der Waals surface area (Å²) in [6.45, 7) is 6.05. The van der Waals surface area contributed by atoms with Crippen LogP contribution in [0.25, 0.3) is 0 Å². The minimum atomic E-state index is 0.429. The first-order valence-electron chi connectivity index (χ1n) is 8.44. The lowest BCUT2D eigenvalue weighted by Gasteiger charge is -2.45. The fourth-order valence-electron chi connectivity index (χ4n) is 4.13. The van der Waals surface area contributed by atoms with E-state index in [2.05, 4.69) is 38.2 Å². The van der Waals surface area contributed by atoms with Crippen LogP contribution in [0, 0.1) is 11.8 Å². The Bertz CT molecular complexity index is 268. The van der Waals surface area contributed by atoms with Gasteiger partial charge in [-0.05, 0) is 51.6 Å². The molecule has 19 heavy (non-hydrogen) atoms. The van der Waals surface area contributed by atoms with Crippen LogP contribution in [0.3, 0.4) is 0 Å². The fraction of sp³-hybridized carbons (Fsp3) is 1.00. The second-order valence-electron chi connectivity index (χ2n) is 7.56. The van der Waals surface area contributed by atoms with E-state index >= 15 is 0 Å². The van der Waals surface area contributed by atoms with Gasteiger partial charge >= 0.3 is 0 Å². The monoisotopic (exact) mass is 266 g/mol. The molecule has 0 bridgehead atoms. The summed E-state index contributed by atoms with van der Waals surface area (Å²) in [4.78, 5) is 2.50. The zero-order chi connectivity index (χ0) is 13.9. The highest BCUT2D eigenvalue weighted by molar-refractivity contribution is 4.94. The summed E-state index contributed by atoms with van der Waals surface area (Å²) >= 11 is 0. The highest BCUT2D eigenvalue weighted by Gasteiger charge is 2.35. The van der Waals surface area contributed by atoms with Crippen LogP contribution < -0.4 is 5.32 Å². The molecular weight excluding hydrogens is 232 g/mol. The van der Waals surface area contributed by atoms with E-state index in [0.717, 1.165) is 17.9 Å². The maximum absolute atomic E-state index is 3.95. The normalized spacial score (nSPS) is 35.5. The summed E-state index contributed by atoms with van der Waals surface area (Å²) < 4.78 is 0. The molecule has 2 heteroatoms. The molecule has 0 aromatic heterocycles. The number of hydrogen-bond donors (Lipinski definition) is 1. The predicted molar refractivity (Wildman–Crippen MR) is 83.5 cm³/mol. The summed E-state index contributed by atoms with van der Waals surface area (Å²) in [6.07, 6.45) is 11.2. The van der Waals surface area contributed by atoms with Crippen LogP contribution in [0.15, 0.2) is 0 Å². The van der Waals surface area contributed by atoms with Crippen molar-refractivity contribution in [1.82, 2.24) is 10.2 Å². The number of nitrogens with one attached hydrogen (secondary N) is 1. The van der Waals surface area contributed by atoms with Gasteiger partial charge in [-0.25, -0.2) is 0 Å². The molecule has 3 unspecified atom stereocenters. The van der Waals surface area contributed by atoms with Gasteiger partial charge < -0.3 is 10.2 Å². The van der Waals surface area contributed by atoms with Crippen LogP contribution in [-0.4, -0.2) is 37.1 Å². The standard InChI is InChI=1S/C17H34N2/c1-14-8-9-15(2)16(12-14)18-13-17(19(3)4)10-6-5-7-11-17/h14-16,18H,5-13H2,1-4H3. The minimum Gasteiger partial charge on any atom is -0.312 e. The van der Waals surface area contributed by atoms with Crippen molar-refractivity contribution in [1.29, 1.82) is 0 Å². The SMILES string of the molecule is CC1CCC(C)C(NCC2(N(C)C)CCCCC2)C1. The van der Waals surface area contributed by atoms with Crippen LogP contribution in [0.2, 0.25) is 0 Å². The third-order valence-electron chi connectivity index (χ3n) is 5.88. The smallest absolute Gasteiger partial charge is 0.0327 e. The van der Waals surface area contributed by atoms with Crippen molar-refractivity contribution in [2.45, 2.75) is 76.8 Å². The number of hydrogen-bond acceptors (Lipinski definition) is 2. The molecule has 2 rings (SSSR count). The van der Waals surface area contributed by atoms with E-state index in [1.807, 2.05) is 0 Å². The van der Waals surface area contributed by atoms with E-state index in [0.29, 0.717) is 5.54 Å². The Kier molecular flexibility index (Phi) is 5.30. The Morgan fingerprint density at radius 1 is 1.05 bits per heavy atom. The molecule has 0 aromatic rings. The molecule has 0 spiro atoms. The molecule has 0 heterocycles. The van der Waals surface area contributed by atoms with Crippen molar-refractivity contribution in [2.75, 3.05) is 20.6 Å². The maximum atomic E-state index is 3.95. The quantitative estimate of drug-likeness (QED) is 0.835. The molecule has 0 saturated heterocycles. The van der Waals surface area contributed by atoms with Crippen LogP contribution in [0.5, 0.6) is 0 Å². The van der Waals surface area contributed by atoms with Gasteiger partial charge in [0.05, 0.1) is 0 Å². The molecule has 0 aliphatic heterocycles. The zero-order valence-corrected chi connectivity index (χ0v) is 13.5. The van der Waals surface area contributed by atoms with E-state index in [1.54, 1.807) is 0 Å². The first-order valence-corrected chi connectivity index (χ1v) is 8.44. The van der Waals surface area contributed by atoms with Crippen molar-refractivity contribution in [2.24, 2.45) is 11.8 Å². The average molecular weight is 266 g/mol. The van der Waals surface area contributed by atoms with Gasteiger partial charge in [-0.15, -0.1) is 0 Å². The molecule has 0 aromatic carbocycles. The molecule has 1 N–H and O–H groups in total. The fourth-order valence-corrected chi connectivity index (χ4v) is 4.13. The molecule has 112 valence electrons. The van der Waals surface area contributed by atoms with Gasteiger partial charge in [0, 0.05) is 18.1 Å². The van der Waals surface area contributed by atoms with Gasteiger partial charge in [-0.3, -0.25) is 0 Å². The summed E-state index contributed by atoms with van der Waals surface area (Å²) in [5, 5.41) is 3.95. The van der Waals surface area contributed by atoms with E-state index < -0.39 is 0 Å². The summed E-state index contributed by atoms with van der Waals surface area (Å²) in [5.74, 6) is 1.77. The Morgan fingerprint density at radius 3 is 2.37 bits per heavy atom. The third kappa shape index (κ3) is 3.72. The maximum Gasteiger partial charge on any atom is 0.0327 e. The molecule has 2 saturated carbocycles. The van der Waals surface area contributed by atoms with E-state index in [4.69, 9.17) is 0 Å². The Balaban J connectivity index is 1.91. The number of nitrogens with zero attached hydrogens (tertiary/aromatic N) is 1. The lowest BCUT2D eigenvalue weighted by molar-refractivity contribution is 0.0866. The zero-order valence-electron chi connectivity index (χ0n) is 13.5. The van der Waals surface area contributed by atoms with Gasteiger partial charge in [-0.2, -0.15) is 0 Å². The topological polar surface area (TPSA) is 15.3 Å². The number of likely N-dealkylation sites (N-methyl/N-ethyl adjacent to an activating group) is 1. The van der Waals surface area contributed by atoms with Crippen LogP contribution in [-0.2, 0) is 0 Å². The highest BCUT2D eigenvalue weighted by Crippen LogP contribution is 2.33. The Morgan fingerprint density at radius 2 is 1.74 bits per heavy atom. The summed E-state index contributed by atoms with van der Waals surface area (Å²) in [7, 11) is 4.56. The van der Waals surface area contributed by atoms with Crippen LogP contribution in [0.4, 0.5) is 0 Å². The van der Waals surface area contributed by atoms with Crippen LogP contribution >= 0.6 is 0 Å². The van der Waals surface area contributed by atoms with Crippen molar-refractivity contribution in [3.63, 3.8) is 0 Å². The Labute approximate surface area is 120 Å². The van der Waals surface area contributed by atoms with E-state index in [1.165, 1.54) is 57.9 Å². The molecular formula is C17H34N2. The van der Waals surface area contributed by atoms with Gasteiger partial charge in [0.1, 0.15) is 0 Å². The van der Waals surface area contributed by atoms with E-state index in [-0.39, 0.29) is 0 Å². The molecule has 2 fully saturated rings. The molecule has 2 aliphatic carbocycles. The van der Waals surface area contributed by atoms with Crippen LogP contribution in [0.1, 0.15) is 65.2 Å². The lowest BCUT2D eigenvalue weighted by atomic mass is 9.77. The molecule has 3 atom stereocenters. The van der Waals surface area contributed by atoms with Gasteiger partial charge in [0.2, 0.25) is 0 Å². The largest absolute Gasteiger partial charge is 0.312 e. The lowest BCUT2D eigenvalue weighted by Crippen LogP contribution is -2.55. The van der Waals surface area contributed by atoms with Gasteiger partial charge in [0.25, 0.3) is 0 Å². The third-order valence-corrected chi connectivity index (χ3v) is 5.88. The highest BCUT2D eigenvalue weighted by atomic mass is 15.2. The first kappa shape index (κ1) is 15.3. The molecule has 0 amide bonds. The Hall–Kier alpha value is -0.0800. The second-order valence-corrected chi connectivity index (χ2v) is 7.56. The molecule has 2 nitrogen and oxygen atoms in total. The average Bonchev–Trinajstić information content (AvgIpc) is 2.41. The van der Waals surface area contributed by atoms with Crippen molar-refractivity contribution in [3.05, 3.63) is 0 Å². The molecule has 0 radical (unpaired) electrons. The van der Waals surface area contributed by atoms with Crippen molar-refractivity contribution < 1.29 is 0 Å². The van der Waals surface area contributed by atoms with Crippen molar-refractivity contribution >= 4 is 0 Å². The first-order chi connectivity index (χ1) is 9.03. The van der Waals surface area contributed by atoms with Gasteiger partial charge in [-0.1, -0.05) is 39.5 Å². The predicted octanol–water partition coefficient (Wildman–Crippen LogP) is 3.67. The van der Waals surface area contributed by atoms with Gasteiger partial charge in [0.15, 0.2) is 0 Å². The summed E-state index contributed by atoms with van der Waals surface area (Å²) in [6, 6.07) is 0.752. The number of rotatable bonds is 4. The van der Waals surface area contributed by atoms with Crippen molar-refractivity contribution in [3.8, 4) is 0 Å². The second kappa shape index (κ2) is 6.58. The summed E-state index contributed by atoms with van der Waals surface area (Å²) in [5.41, 5.74) is 0.429. The molecule has 2 aliphatic rings. The minimum absolute atomic E-state index is 0.429. The van der Waals surface area contributed by atoms with E-state index in [9.17, 15) is 0 Å².